The van der Waals surface area contributed by atoms with E-state index in [9.17, 15) is 4.79 Å². The van der Waals surface area contributed by atoms with E-state index in [1.54, 1.807) is 12.3 Å². The van der Waals surface area contributed by atoms with Crippen LogP contribution in [0.2, 0.25) is 5.15 Å². The normalized spacial score (nSPS) is 19.6. The Balaban J connectivity index is 1.92. The van der Waals surface area contributed by atoms with Crippen LogP contribution in [-0.4, -0.2) is 35.0 Å². The molecule has 1 fully saturated rings. The Hall–Kier alpha value is -0.300. The first kappa shape index (κ1) is 14.1. The van der Waals surface area contributed by atoms with Gasteiger partial charge in [0.15, 0.2) is 5.15 Å². The van der Waals surface area contributed by atoms with Gasteiger partial charge in [-0.05, 0) is 22.0 Å². The second-order valence-electron chi connectivity index (χ2n) is 3.97. The van der Waals surface area contributed by atoms with Crippen molar-refractivity contribution in [2.24, 2.45) is 0 Å². The molecule has 18 heavy (non-hydrogen) atoms. The number of aromatic nitrogens is 1. The lowest BCUT2D eigenvalue weighted by molar-refractivity contribution is -0.116. The first-order valence-electron chi connectivity index (χ1n) is 5.57. The molecule has 0 bridgehead atoms. The van der Waals surface area contributed by atoms with Gasteiger partial charge in [-0.3, -0.25) is 4.79 Å². The van der Waals surface area contributed by atoms with Gasteiger partial charge in [0.1, 0.15) is 0 Å². The number of hydrogen-bond acceptors (Lipinski definition) is 4. The number of hydrogen-bond donors (Lipinski definition) is 2. The van der Waals surface area contributed by atoms with Crippen LogP contribution in [0.3, 0.4) is 0 Å². The van der Waals surface area contributed by atoms with Crippen molar-refractivity contribution in [3.05, 3.63) is 21.9 Å². The molecule has 1 atom stereocenters. The number of rotatable bonds is 3. The Labute approximate surface area is 123 Å². The van der Waals surface area contributed by atoms with Crippen LogP contribution in [0.1, 0.15) is 6.42 Å². The van der Waals surface area contributed by atoms with Gasteiger partial charge in [-0.2, -0.15) is 11.8 Å². The van der Waals surface area contributed by atoms with Crippen LogP contribution in [0.5, 0.6) is 0 Å². The second kappa shape index (κ2) is 6.75. The largest absolute Gasteiger partial charge is 0.323 e. The molecular weight excluding hydrogens is 338 g/mol. The number of carbonyl (C=O) groups excluding carboxylic acids is 1. The average Bonchev–Trinajstić information content (AvgIpc) is 2.35. The highest BCUT2D eigenvalue weighted by molar-refractivity contribution is 9.10. The fourth-order valence-corrected chi connectivity index (χ4v) is 3.12. The number of nitrogens with zero attached hydrogens (tertiary/aromatic N) is 1. The lowest BCUT2D eigenvalue weighted by atomic mass is 10.2. The molecule has 0 radical (unpaired) electrons. The number of pyridine rings is 1. The quantitative estimate of drug-likeness (QED) is 0.823. The standard InChI is InChI=1S/C11H13BrClN3OS/c12-7-3-9(11(13)15-5-7)16-10(17)4-8-6-18-2-1-14-8/h3,5,8,14H,1-2,4,6H2,(H,16,17). The van der Waals surface area contributed by atoms with Crippen molar-refractivity contribution in [3.63, 3.8) is 0 Å². The molecule has 0 aromatic carbocycles. The predicted octanol–water partition coefficient (Wildman–Crippen LogP) is 2.53. The van der Waals surface area contributed by atoms with E-state index in [0.717, 1.165) is 22.5 Å². The summed E-state index contributed by atoms with van der Waals surface area (Å²) in [5, 5.41) is 6.41. The van der Waals surface area contributed by atoms with Gasteiger partial charge in [0.2, 0.25) is 5.91 Å². The smallest absolute Gasteiger partial charge is 0.226 e. The third kappa shape index (κ3) is 4.12. The molecular formula is C11H13BrClN3OS. The topological polar surface area (TPSA) is 54.0 Å². The second-order valence-corrected chi connectivity index (χ2v) is 6.39. The molecule has 1 aliphatic heterocycles. The van der Waals surface area contributed by atoms with Gasteiger partial charge >= 0.3 is 0 Å². The van der Waals surface area contributed by atoms with Crippen LogP contribution in [0.25, 0.3) is 0 Å². The molecule has 2 heterocycles. The maximum Gasteiger partial charge on any atom is 0.226 e. The molecule has 2 N–H and O–H groups in total. The lowest BCUT2D eigenvalue weighted by Gasteiger charge is -2.22. The van der Waals surface area contributed by atoms with E-state index in [-0.39, 0.29) is 11.9 Å². The Morgan fingerprint density at radius 2 is 2.56 bits per heavy atom. The summed E-state index contributed by atoms with van der Waals surface area (Å²) in [7, 11) is 0. The van der Waals surface area contributed by atoms with E-state index in [4.69, 9.17) is 11.6 Å². The summed E-state index contributed by atoms with van der Waals surface area (Å²) in [6.07, 6.45) is 2.05. The van der Waals surface area contributed by atoms with Crippen molar-refractivity contribution in [2.75, 3.05) is 23.4 Å². The van der Waals surface area contributed by atoms with E-state index in [0.29, 0.717) is 17.3 Å². The highest BCUT2D eigenvalue weighted by atomic mass is 79.9. The van der Waals surface area contributed by atoms with E-state index in [1.165, 1.54) is 0 Å². The Morgan fingerprint density at radius 3 is 3.28 bits per heavy atom. The molecule has 0 saturated carbocycles. The summed E-state index contributed by atoms with van der Waals surface area (Å²) >= 11 is 11.1. The molecule has 1 amide bonds. The Morgan fingerprint density at radius 1 is 1.72 bits per heavy atom. The molecule has 0 aliphatic carbocycles. The minimum Gasteiger partial charge on any atom is -0.323 e. The number of thioether (sulfide) groups is 1. The molecule has 1 saturated heterocycles. The van der Waals surface area contributed by atoms with Crippen LogP contribution in [-0.2, 0) is 4.79 Å². The van der Waals surface area contributed by atoms with Crippen molar-refractivity contribution in [2.45, 2.75) is 12.5 Å². The highest BCUT2D eigenvalue weighted by Crippen LogP contribution is 2.23. The van der Waals surface area contributed by atoms with Crippen LogP contribution in [0, 0.1) is 0 Å². The SMILES string of the molecule is O=C(CC1CSCCN1)Nc1cc(Br)cnc1Cl. The zero-order valence-electron chi connectivity index (χ0n) is 9.58. The average molecular weight is 351 g/mol. The van der Waals surface area contributed by atoms with Gasteiger partial charge < -0.3 is 10.6 Å². The first-order chi connectivity index (χ1) is 8.65. The Kier molecular flexibility index (Phi) is 5.29. The maximum absolute atomic E-state index is 11.9. The van der Waals surface area contributed by atoms with E-state index < -0.39 is 0 Å². The lowest BCUT2D eigenvalue weighted by Crippen LogP contribution is -2.39. The van der Waals surface area contributed by atoms with Crippen molar-refractivity contribution < 1.29 is 4.79 Å². The summed E-state index contributed by atoms with van der Waals surface area (Å²) in [6.45, 7) is 0.960. The van der Waals surface area contributed by atoms with Crippen molar-refractivity contribution >= 4 is 50.9 Å². The number of anilines is 1. The van der Waals surface area contributed by atoms with Crippen molar-refractivity contribution in [3.8, 4) is 0 Å². The fraction of sp³-hybridized carbons (Fsp3) is 0.455. The highest BCUT2D eigenvalue weighted by Gasteiger charge is 2.17. The minimum atomic E-state index is -0.0446. The van der Waals surface area contributed by atoms with Crippen molar-refractivity contribution in [1.29, 1.82) is 0 Å². The number of halogens is 2. The van der Waals surface area contributed by atoms with Gasteiger partial charge in [-0.25, -0.2) is 4.98 Å². The van der Waals surface area contributed by atoms with Crippen LogP contribution in [0.15, 0.2) is 16.7 Å². The monoisotopic (exact) mass is 349 g/mol. The zero-order chi connectivity index (χ0) is 13.0. The van der Waals surface area contributed by atoms with Gasteiger partial charge in [-0.1, -0.05) is 11.6 Å². The van der Waals surface area contributed by atoms with E-state index in [1.807, 2.05) is 11.8 Å². The molecule has 7 heteroatoms. The third-order valence-electron chi connectivity index (χ3n) is 2.51. The van der Waals surface area contributed by atoms with Gasteiger partial charge in [-0.15, -0.1) is 0 Å². The summed E-state index contributed by atoms with van der Waals surface area (Å²) in [5.74, 6) is 2.04. The van der Waals surface area contributed by atoms with E-state index >= 15 is 0 Å². The maximum atomic E-state index is 11.9. The third-order valence-corrected chi connectivity index (χ3v) is 4.38. The van der Waals surface area contributed by atoms with Gasteiger partial charge in [0.25, 0.3) is 0 Å². The summed E-state index contributed by atoms with van der Waals surface area (Å²) < 4.78 is 0.786. The van der Waals surface area contributed by atoms with Crippen LogP contribution >= 0.6 is 39.3 Å². The minimum absolute atomic E-state index is 0.0446. The van der Waals surface area contributed by atoms with Crippen molar-refractivity contribution in [1.82, 2.24) is 10.3 Å². The van der Waals surface area contributed by atoms with Crippen LogP contribution < -0.4 is 10.6 Å². The van der Waals surface area contributed by atoms with E-state index in [2.05, 4.69) is 31.5 Å². The summed E-state index contributed by atoms with van der Waals surface area (Å²) in [4.78, 5) is 15.8. The summed E-state index contributed by atoms with van der Waals surface area (Å²) in [6, 6.07) is 1.98. The number of carbonyl (C=O) groups is 1. The number of amides is 1. The fourth-order valence-electron chi connectivity index (χ4n) is 1.69. The molecule has 4 nitrogen and oxygen atoms in total. The molecule has 1 aromatic heterocycles. The molecule has 1 unspecified atom stereocenters. The van der Waals surface area contributed by atoms with Gasteiger partial charge in [0.05, 0.1) is 5.69 Å². The molecule has 1 aromatic rings. The first-order valence-corrected chi connectivity index (χ1v) is 7.90. The summed E-state index contributed by atoms with van der Waals surface area (Å²) in [5.41, 5.74) is 0.541. The van der Waals surface area contributed by atoms with Crippen LogP contribution in [0.4, 0.5) is 5.69 Å². The molecule has 98 valence electrons. The Bertz CT molecular complexity index is 440. The zero-order valence-corrected chi connectivity index (χ0v) is 12.7. The molecule has 0 spiro atoms. The van der Waals surface area contributed by atoms with Gasteiger partial charge in [0, 0.05) is 41.2 Å². The number of nitrogens with one attached hydrogen (secondary N) is 2. The molecule has 2 rings (SSSR count). The molecule has 1 aliphatic rings. The predicted molar refractivity (Wildman–Crippen MR) is 79.3 cm³/mol.